The van der Waals surface area contributed by atoms with Crippen molar-refractivity contribution in [3.05, 3.63) is 58.0 Å². The Balaban J connectivity index is 1.56. The number of nitrogens with one attached hydrogen (secondary N) is 1. The van der Waals surface area contributed by atoms with Gasteiger partial charge in [-0.1, -0.05) is 52.8 Å². The zero-order chi connectivity index (χ0) is 44.9. The largest absolute Gasteiger partial charge is 0.507 e. The molecule has 5 N–H and O–H groups in total. The molecule has 330 valence electrons. The summed E-state index contributed by atoms with van der Waals surface area (Å²) in [6.07, 6.45) is 4.76. The number of ketones is 1. The van der Waals surface area contributed by atoms with Gasteiger partial charge in [-0.05, 0) is 19.9 Å². The molecular formula is C45H58N4O12. The number of piperidine rings is 1. The number of aliphatic hydroxyl groups excluding tert-OH is 2. The molecule has 1 fully saturated rings. The van der Waals surface area contributed by atoms with Gasteiger partial charge in [-0.3, -0.25) is 24.2 Å². The van der Waals surface area contributed by atoms with E-state index in [0.717, 1.165) is 0 Å². The van der Waals surface area contributed by atoms with E-state index in [0.29, 0.717) is 32.4 Å². The van der Waals surface area contributed by atoms with E-state index >= 15 is 0 Å². The number of nitrogens with zero attached hydrogens (tertiary/aromatic N) is 3. The number of aromatic hydroxyl groups is 2. The van der Waals surface area contributed by atoms with E-state index in [-0.39, 0.29) is 55.5 Å². The second kappa shape index (κ2) is 17.2. The number of phenols is 2. The number of fused-ring (bicyclic) bond motifs is 13. The summed E-state index contributed by atoms with van der Waals surface area (Å²) in [6, 6.07) is 0. The van der Waals surface area contributed by atoms with Gasteiger partial charge >= 0.3 is 11.8 Å². The molecule has 0 saturated carbocycles. The predicted molar refractivity (Wildman–Crippen MR) is 223 cm³/mol. The van der Waals surface area contributed by atoms with E-state index in [1.165, 1.54) is 53.2 Å². The van der Waals surface area contributed by atoms with Crippen LogP contribution in [-0.4, -0.2) is 105 Å². The molecule has 2 aromatic rings. The number of hydrogen-bond donors (Lipinski definition) is 5. The SMILES string of the molecule is CCC(=O)N1CCC2(CC1)N=c1c(c3c4c5c(C)c(O)c3c(O)c1=NC(=O)/C(C)=C\C=C\[C@H](C)[C@H](O)[C@@H](C)[C@@H](O)[C@@H](C)[C@H](OC(C)=O)[C@H](C)[C@@H](OC)/C=C/O[C@@](C)(O5)C4=O)N2. The van der Waals surface area contributed by atoms with E-state index in [1.54, 1.807) is 51.7 Å². The quantitative estimate of drug-likeness (QED) is 0.218. The lowest BCUT2D eigenvalue weighted by Crippen LogP contribution is -2.48. The first kappa shape index (κ1) is 45.2. The lowest BCUT2D eigenvalue weighted by atomic mass is 9.78. The standard InChI is InChI=1S/C45H58N4O12/c1-11-29(51)49-18-16-45(17-19-49)47-33-30-31-38(54)26(7)41-32(30)42(56)44(9,61-41)59-20-15-28(58-10)23(4)40(60-27(8)50)25(6)37(53)24(5)36(52)21(2)13-12-14-22(3)43(57)46-35(39(31)55)34(33)48-45/h12-15,20-21,23-25,28,36-37,40,47,52-55H,11,16-19H2,1-10H3/b13-12+,20-15+,22-14-,46-35?/t21-,23+,24+,25+,28-,36-,37+,40+,44-/m0/s1. The smallest absolute Gasteiger partial charge is 0.312 e. The number of esters is 1. The first-order chi connectivity index (χ1) is 28.7. The number of phenolic OH excluding ortho intramolecular Hbond substituents is 2. The second-order valence-electron chi connectivity index (χ2n) is 17.0. The minimum Gasteiger partial charge on any atom is -0.507 e. The third kappa shape index (κ3) is 8.12. The van der Waals surface area contributed by atoms with Crippen LogP contribution in [-0.2, 0) is 28.6 Å². The molecule has 0 unspecified atom stereocenters. The van der Waals surface area contributed by atoms with Crippen molar-refractivity contribution in [2.75, 3.05) is 25.5 Å². The fraction of sp³-hybridized carbons (Fsp3) is 0.556. The number of methoxy groups -OCH3 is 1. The number of ether oxygens (including phenoxy) is 4. The van der Waals surface area contributed by atoms with Crippen LogP contribution in [0, 0.1) is 30.6 Å². The molecule has 0 radical (unpaired) electrons. The Kier molecular flexibility index (Phi) is 12.8. The molecule has 0 aliphatic carbocycles. The highest BCUT2D eigenvalue weighted by Gasteiger charge is 2.51. The maximum atomic E-state index is 14.7. The molecule has 9 atom stereocenters. The summed E-state index contributed by atoms with van der Waals surface area (Å²) in [6.45, 7) is 15.2. The van der Waals surface area contributed by atoms with Crippen molar-refractivity contribution in [3.63, 3.8) is 0 Å². The van der Waals surface area contributed by atoms with E-state index in [2.05, 4.69) is 10.3 Å². The summed E-state index contributed by atoms with van der Waals surface area (Å²) in [5.74, 6) is -7.39. The number of benzene rings is 2. The number of amides is 2. The Hall–Kier alpha value is -5.32. The molecule has 16 nitrogen and oxygen atoms in total. The first-order valence-corrected chi connectivity index (χ1v) is 20.8. The van der Waals surface area contributed by atoms with E-state index in [9.17, 15) is 39.6 Å². The molecular weight excluding hydrogens is 789 g/mol. The van der Waals surface area contributed by atoms with Crippen LogP contribution in [0.2, 0.25) is 0 Å². The number of hydrogen-bond acceptors (Lipinski definition) is 14. The van der Waals surface area contributed by atoms with Gasteiger partial charge in [0.2, 0.25) is 5.91 Å². The second-order valence-corrected chi connectivity index (χ2v) is 17.0. The molecule has 61 heavy (non-hydrogen) atoms. The summed E-state index contributed by atoms with van der Waals surface area (Å²) in [5.41, 5.74) is -0.482. The summed E-state index contributed by atoms with van der Waals surface area (Å²) in [4.78, 5) is 64.6. The number of rotatable bonds is 3. The lowest BCUT2D eigenvalue weighted by molar-refractivity contribution is -0.160. The highest BCUT2D eigenvalue weighted by atomic mass is 16.7. The molecule has 5 bridgehead atoms. The normalized spacial score (nSPS) is 32.2. The zero-order valence-corrected chi connectivity index (χ0v) is 36.4. The van der Waals surface area contributed by atoms with Gasteiger partial charge in [0.15, 0.2) is 5.75 Å². The van der Waals surface area contributed by atoms with E-state index in [4.69, 9.17) is 23.9 Å². The summed E-state index contributed by atoms with van der Waals surface area (Å²) in [5, 5.41) is 50.1. The van der Waals surface area contributed by atoms with E-state index in [1.807, 2.05) is 0 Å². The third-order valence-electron chi connectivity index (χ3n) is 12.9. The zero-order valence-electron chi connectivity index (χ0n) is 36.4. The van der Waals surface area contributed by atoms with Crippen LogP contribution in [0.4, 0.5) is 5.69 Å². The van der Waals surface area contributed by atoms with Gasteiger partial charge in [-0.25, -0.2) is 4.99 Å². The van der Waals surface area contributed by atoms with Gasteiger partial charge in [-0.15, -0.1) is 0 Å². The van der Waals surface area contributed by atoms with Gasteiger partial charge in [0.05, 0.1) is 41.2 Å². The topological polar surface area (TPSA) is 226 Å². The number of carbonyl (C=O) groups is 4. The van der Waals surface area contributed by atoms with Crippen LogP contribution in [0.1, 0.15) is 90.6 Å². The van der Waals surface area contributed by atoms with Crippen molar-refractivity contribution < 1.29 is 58.6 Å². The maximum absolute atomic E-state index is 14.7. The Morgan fingerprint density at radius 3 is 2.26 bits per heavy atom. The van der Waals surface area contributed by atoms with Crippen molar-refractivity contribution in [2.45, 2.75) is 117 Å². The number of allylic oxidation sites excluding steroid dienone is 2. The average molecular weight is 847 g/mol. The monoisotopic (exact) mass is 846 g/mol. The van der Waals surface area contributed by atoms with Crippen LogP contribution in [0.3, 0.4) is 0 Å². The van der Waals surface area contributed by atoms with Crippen molar-refractivity contribution in [1.29, 1.82) is 0 Å². The molecule has 5 aliphatic rings. The van der Waals surface area contributed by atoms with Crippen molar-refractivity contribution in [2.24, 2.45) is 33.7 Å². The fourth-order valence-electron chi connectivity index (χ4n) is 8.97. The number of Topliss-reactive ketones (excluding diaryl/α,β-unsaturated/α-hetero) is 1. The molecule has 7 rings (SSSR count). The number of anilines is 1. The highest BCUT2D eigenvalue weighted by Crippen LogP contribution is 2.51. The van der Waals surface area contributed by atoms with Gasteiger partial charge in [0, 0.05) is 93.5 Å². The van der Waals surface area contributed by atoms with Crippen LogP contribution >= 0.6 is 0 Å². The van der Waals surface area contributed by atoms with Gasteiger partial charge in [0.25, 0.3) is 11.7 Å². The molecule has 1 saturated heterocycles. The van der Waals surface area contributed by atoms with Gasteiger partial charge in [-0.2, -0.15) is 0 Å². The molecule has 5 heterocycles. The maximum Gasteiger partial charge on any atom is 0.312 e. The van der Waals surface area contributed by atoms with Crippen LogP contribution in [0.25, 0.3) is 10.8 Å². The highest BCUT2D eigenvalue weighted by molar-refractivity contribution is 6.21. The summed E-state index contributed by atoms with van der Waals surface area (Å²) in [7, 11) is 1.45. The van der Waals surface area contributed by atoms with Crippen molar-refractivity contribution in [1.82, 2.24) is 4.90 Å². The number of aliphatic hydroxyl groups is 2. The van der Waals surface area contributed by atoms with Gasteiger partial charge in [0.1, 0.15) is 34.0 Å². The molecule has 5 aliphatic heterocycles. The van der Waals surface area contributed by atoms with Crippen molar-refractivity contribution in [3.8, 4) is 17.2 Å². The molecule has 2 amide bonds. The molecule has 2 aromatic carbocycles. The minimum atomic E-state index is -1.99. The Bertz CT molecular complexity index is 2350. The molecule has 1 spiro atoms. The third-order valence-corrected chi connectivity index (χ3v) is 12.9. The number of likely N-dealkylation sites (tertiary alicyclic amines) is 1. The number of carbonyl (C=O) groups excluding carboxylic acids is 4. The summed E-state index contributed by atoms with van der Waals surface area (Å²) >= 11 is 0. The van der Waals surface area contributed by atoms with Gasteiger partial charge < -0.3 is 49.6 Å². The van der Waals surface area contributed by atoms with Crippen LogP contribution < -0.4 is 20.8 Å². The first-order valence-electron chi connectivity index (χ1n) is 20.8. The molecule has 0 aromatic heterocycles. The Morgan fingerprint density at radius 1 is 0.967 bits per heavy atom. The average Bonchev–Trinajstić information content (AvgIpc) is 3.73. The summed E-state index contributed by atoms with van der Waals surface area (Å²) < 4.78 is 23.9. The van der Waals surface area contributed by atoms with Crippen molar-refractivity contribution >= 4 is 40.0 Å². The Labute approximate surface area is 354 Å². The Morgan fingerprint density at radius 2 is 1.64 bits per heavy atom. The molecule has 16 heteroatoms. The predicted octanol–water partition coefficient (Wildman–Crippen LogP) is 4.03. The van der Waals surface area contributed by atoms with Crippen LogP contribution in [0.5, 0.6) is 17.2 Å². The lowest BCUT2D eigenvalue weighted by Gasteiger charge is -2.38. The van der Waals surface area contributed by atoms with Crippen LogP contribution in [0.15, 0.2) is 46.1 Å². The fourth-order valence-corrected chi connectivity index (χ4v) is 8.97. The minimum absolute atomic E-state index is 0.000495. The van der Waals surface area contributed by atoms with E-state index < -0.39 is 88.7 Å².